The third-order valence-electron chi connectivity index (χ3n) is 3.61. The van der Waals surface area contributed by atoms with Crippen molar-refractivity contribution in [2.24, 2.45) is 0 Å². The summed E-state index contributed by atoms with van der Waals surface area (Å²) in [6, 6.07) is 5.84. The lowest BCUT2D eigenvalue weighted by molar-refractivity contribution is -0.139. The Morgan fingerprint density at radius 1 is 1.27 bits per heavy atom. The van der Waals surface area contributed by atoms with Gasteiger partial charge in [-0.25, -0.2) is 0 Å². The van der Waals surface area contributed by atoms with Crippen LogP contribution in [0.3, 0.4) is 0 Å². The van der Waals surface area contributed by atoms with Crippen LogP contribution >= 0.6 is 0 Å². The van der Waals surface area contributed by atoms with Crippen molar-refractivity contribution in [2.45, 2.75) is 19.3 Å². The first-order valence-corrected chi connectivity index (χ1v) is 7.31. The van der Waals surface area contributed by atoms with E-state index in [-0.39, 0.29) is 18.6 Å². The molecule has 1 aromatic rings. The zero-order valence-corrected chi connectivity index (χ0v) is 12.2. The molecule has 22 heavy (non-hydrogen) atoms. The molecule has 0 spiro atoms. The Morgan fingerprint density at radius 2 is 2.14 bits per heavy atom. The smallest absolute Gasteiger partial charge is 0.253 e. The number of fused-ring (bicyclic) bond motifs is 1. The highest BCUT2D eigenvalue weighted by molar-refractivity contribution is 6.05. The standard InChI is InChI=1S/C17H17NO4/c19-16(18-10-4-3-7-17(18)20)6-2-1-5-13-8-9-14-15(11-13)22-12-21-14/h2-3,6-9,11H,1,4-5,10,12H2/b6-2+. The number of hydrogen-bond donors (Lipinski definition) is 0. The predicted molar refractivity (Wildman–Crippen MR) is 80.5 cm³/mol. The second-order valence-corrected chi connectivity index (χ2v) is 5.15. The van der Waals surface area contributed by atoms with Crippen LogP contribution in [0, 0.1) is 0 Å². The van der Waals surface area contributed by atoms with Crippen LogP contribution in [0.1, 0.15) is 18.4 Å². The Hall–Kier alpha value is -2.56. The third-order valence-corrected chi connectivity index (χ3v) is 3.61. The number of imide groups is 1. The zero-order valence-electron chi connectivity index (χ0n) is 12.2. The SMILES string of the molecule is O=C1C=CCCN1C(=O)/C=C/CCc1ccc2c(c1)OCO2. The third kappa shape index (κ3) is 3.19. The largest absolute Gasteiger partial charge is 0.454 e. The molecule has 0 saturated carbocycles. The van der Waals surface area contributed by atoms with E-state index in [1.807, 2.05) is 18.2 Å². The predicted octanol–water partition coefficient (Wildman–Crippen LogP) is 2.22. The highest BCUT2D eigenvalue weighted by Gasteiger charge is 2.18. The van der Waals surface area contributed by atoms with E-state index in [4.69, 9.17) is 9.47 Å². The van der Waals surface area contributed by atoms with Gasteiger partial charge in [-0.05, 0) is 49.1 Å². The highest BCUT2D eigenvalue weighted by atomic mass is 16.7. The van der Waals surface area contributed by atoms with E-state index in [1.165, 1.54) is 17.1 Å². The molecule has 0 aromatic heterocycles. The molecule has 3 rings (SSSR count). The van der Waals surface area contributed by atoms with Gasteiger partial charge in [0.25, 0.3) is 11.8 Å². The molecular formula is C17H17NO4. The van der Waals surface area contributed by atoms with Crippen molar-refractivity contribution in [1.29, 1.82) is 0 Å². The molecular weight excluding hydrogens is 282 g/mol. The fourth-order valence-corrected chi connectivity index (χ4v) is 2.43. The maximum Gasteiger partial charge on any atom is 0.253 e. The number of rotatable bonds is 4. The van der Waals surface area contributed by atoms with Crippen molar-refractivity contribution in [3.05, 3.63) is 48.1 Å². The summed E-state index contributed by atoms with van der Waals surface area (Å²) in [7, 11) is 0. The molecule has 5 heteroatoms. The Kier molecular flexibility index (Phi) is 4.23. The number of benzene rings is 1. The van der Waals surface area contributed by atoms with E-state index in [2.05, 4.69) is 0 Å². The molecule has 2 aliphatic rings. The van der Waals surface area contributed by atoms with Crippen molar-refractivity contribution in [3.63, 3.8) is 0 Å². The molecule has 2 heterocycles. The summed E-state index contributed by atoms with van der Waals surface area (Å²) in [4.78, 5) is 24.7. The van der Waals surface area contributed by atoms with Crippen LogP contribution in [0.5, 0.6) is 11.5 Å². The minimum absolute atomic E-state index is 0.239. The van der Waals surface area contributed by atoms with E-state index in [1.54, 1.807) is 12.2 Å². The van der Waals surface area contributed by atoms with Gasteiger partial charge in [-0.3, -0.25) is 14.5 Å². The molecule has 2 aliphatic heterocycles. The first kappa shape index (κ1) is 14.4. The summed E-state index contributed by atoms with van der Waals surface area (Å²) in [5.74, 6) is 1.05. The summed E-state index contributed by atoms with van der Waals surface area (Å²) in [5.41, 5.74) is 1.12. The topological polar surface area (TPSA) is 55.8 Å². The van der Waals surface area contributed by atoms with Crippen LogP contribution in [-0.2, 0) is 16.0 Å². The lowest BCUT2D eigenvalue weighted by atomic mass is 10.1. The monoisotopic (exact) mass is 299 g/mol. The Balaban J connectivity index is 1.51. The van der Waals surface area contributed by atoms with Crippen LogP contribution < -0.4 is 9.47 Å². The Bertz CT molecular complexity index is 648. The van der Waals surface area contributed by atoms with E-state index in [0.29, 0.717) is 6.54 Å². The summed E-state index contributed by atoms with van der Waals surface area (Å²) < 4.78 is 10.6. The van der Waals surface area contributed by atoms with Crippen LogP contribution in [0.15, 0.2) is 42.5 Å². The van der Waals surface area contributed by atoms with Crippen LogP contribution in [0.2, 0.25) is 0 Å². The second-order valence-electron chi connectivity index (χ2n) is 5.15. The Labute approximate surface area is 128 Å². The number of ether oxygens (including phenoxy) is 2. The average Bonchev–Trinajstić information content (AvgIpc) is 2.99. The van der Waals surface area contributed by atoms with Gasteiger partial charge in [-0.2, -0.15) is 0 Å². The lowest BCUT2D eigenvalue weighted by Crippen LogP contribution is -2.37. The lowest BCUT2D eigenvalue weighted by Gasteiger charge is -2.19. The van der Waals surface area contributed by atoms with Crippen molar-refractivity contribution < 1.29 is 19.1 Å². The van der Waals surface area contributed by atoms with Crippen LogP contribution in [0.4, 0.5) is 0 Å². The van der Waals surface area contributed by atoms with Crippen LogP contribution in [0.25, 0.3) is 0 Å². The van der Waals surface area contributed by atoms with Gasteiger partial charge >= 0.3 is 0 Å². The average molecular weight is 299 g/mol. The maximum absolute atomic E-state index is 11.9. The van der Waals surface area contributed by atoms with Crippen LogP contribution in [-0.4, -0.2) is 30.1 Å². The van der Waals surface area contributed by atoms with E-state index >= 15 is 0 Å². The van der Waals surface area contributed by atoms with Gasteiger partial charge in [0.2, 0.25) is 6.79 Å². The number of amides is 2. The van der Waals surface area contributed by atoms with Gasteiger partial charge in [0.15, 0.2) is 11.5 Å². The number of carbonyl (C=O) groups excluding carboxylic acids is 2. The normalized spacial score (nSPS) is 16.5. The summed E-state index contributed by atoms with van der Waals surface area (Å²) >= 11 is 0. The molecule has 1 aromatic carbocycles. The molecule has 5 nitrogen and oxygen atoms in total. The molecule has 0 N–H and O–H groups in total. The fraction of sp³-hybridized carbons (Fsp3) is 0.294. The molecule has 0 unspecified atom stereocenters. The first-order chi connectivity index (χ1) is 10.7. The first-order valence-electron chi connectivity index (χ1n) is 7.31. The van der Waals surface area contributed by atoms with Crippen molar-refractivity contribution in [3.8, 4) is 11.5 Å². The molecule has 0 radical (unpaired) electrons. The molecule has 0 saturated heterocycles. The van der Waals surface area contributed by atoms with E-state index < -0.39 is 0 Å². The quantitative estimate of drug-likeness (QED) is 0.800. The van der Waals surface area contributed by atoms with E-state index in [9.17, 15) is 9.59 Å². The van der Waals surface area contributed by atoms with Crippen molar-refractivity contribution in [2.75, 3.05) is 13.3 Å². The minimum atomic E-state index is -0.250. The Morgan fingerprint density at radius 3 is 3.00 bits per heavy atom. The summed E-state index contributed by atoms with van der Waals surface area (Å²) in [5, 5.41) is 0. The molecule has 0 bridgehead atoms. The number of nitrogens with zero attached hydrogens (tertiary/aromatic N) is 1. The number of allylic oxidation sites excluding steroid dienone is 1. The zero-order chi connectivity index (χ0) is 15.4. The summed E-state index contributed by atoms with van der Waals surface area (Å²) in [6.45, 7) is 0.728. The molecule has 114 valence electrons. The number of hydrogen-bond acceptors (Lipinski definition) is 4. The minimum Gasteiger partial charge on any atom is -0.454 e. The maximum atomic E-state index is 11.9. The number of aryl methyl sites for hydroxylation is 1. The van der Waals surface area contributed by atoms with Gasteiger partial charge in [-0.1, -0.05) is 18.2 Å². The van der Waals surface area contributed by atoms with Gasteiger partial charge in [0.1, 0.15) is 0 Å². The van der Waals surface area contributed by atoms with Gasteiger partial charge < -0.3 is 9.47 Å². The van der Waals surface area contributed by atoms with Crippen molar-refractivity contribution >= 4 is 11.8 Å². The van der Waals surface area contributed by atoms with Gasteiger partial charge in [0.05, 0.1) is 0 Å². The van der Waals surface area contributed by atoms with Gasteiger partial charge in [-0.15, -0.1) is 0 Å². The second kappa shape index (κ2) is 6.47. The van der Waals surface area contributed by atoms with E-state index in [0.717, 1.165) is 36.3 Å². The fourth-order valence-electron chi connectivity index (χ4n) is 2.43. The van der Waals surface area contributed by atoms with Crippen molar-refractivity contribution in [1.82, 2.24) is 4.90 Å². The summed E-state index contributed by atoms with van der Waals surface area (Å²) in [6.07, 6.45) is 8.76. The number of carbonyl (C=O) groups is 2. The molecule has 0 aliphatic carbocycles. The molecule has 2 amide bonds. The van der Waals surface area contributed by atoms with Gasteiger partial charge in [0, 0.05) is 6.54 Å². The molecule has 0 atom stereocenters. The molecule has 0 fully saturated rings. The highest BCUT2D eigenvalue weighted by Crippen LogP contribution is 2.32.